The molecule has 0 aliphatic rings. The van der Waals surface area contributed by atoms with Gasteiger partial charge in [-0.3, -0.25) is 9.78 Å². The van der Waals surface area contributed by atoms with Crippen LogP contribution < -0.4 is 0 Å². The summed E-state index contributed by atoms with van der Waals surface area (Å²) in [5.41, 5.74) is 2.23. The number of rotatable bonds is 9. The molecule has 0 radical (unpaired) electrons. The van der Waals surface area contributed by atoms with Gasteiger partial charge in [0.1, 0.15) is 0 Å². The fourth-order valence-electron chi connectivity index (χ4n) is 2.07. The molecule has 19 heavy (non-hydrogen) atoms. The molecule has 1 aromatic heterocycles. The average Bonchev–Trinajstić information content (AvgIpc) is 2.44. The molecule has 0 aromatic carbocycles. The molecule has 0 unspecified atom stereocenters. The summed E-state index contributed by atoms with van der Waals surface area (Å²) in [6.45, 7) is 0.142. The number of hydrogen-bond donors (Lipinski definition) is 1. The Morgan fingerprint density at radius 2 is 2.05 bits per heavy atom. The van der Waals surface area contributed by atoms with Gasteiger partial charge in [0.05, 0.1) is 7.11 Å². The van der Waals surface area contributed by atoms with Crippen molar-refractivity contribution in [3.8, 4) is 0 Å². The number of nitrogens with zero attached hydrogens (tertiary/aromatic N) is 1. The van der Waals surface area contributed by atoms with E-state index >= 15 is 0 Å². The minimum Gasteiger partial charge on any atom is -0.469 e. The van der Waals surface area contributed by atoms with Gasteiger partial charge in [0.15, 0.2) is 0 Å². The Kier molecular flexibility index (Phi) is 7.82. The third kappa shape index (κ3) is 6.34. The summed E-state index contributed by atoms with van der Waals surface area (Å²) in [5, 5.41) is 8.98. The molecule has 0 fully saturated rings. The fourth-order valence-corrected chi connectivity index (χ4v) is 2.07. The highest BCUT2D eigenvalue weighted by Crippen LogP contribution is 2.12. The van der Waals surface area contributed by atoms with Crippen LogP contribution in [-0.2, 0) is 22.4 Å². The third-order valence-corrected chi connectivity index (χ3v) is 3.14. The second-order valence-corrected chi connectivity index (χ2v) is 4.57. The summed E-state index contributed by atoms with van der Waals surface area (Å²) in [7, 11) is 1.42. The molecule has 0 amide bonds. The van der Waals surface area contributed by atoms with E-state index < -0.39 is 0 Å². The zero-order valence-electron chi connectivity index (χ0n) is 11.6. The molecule has 0 saturated heterocycles. The predicted octanol–water partition coefficient (Wildman–Crippen LogP) is 2.28. The average molecular weight is 265 g/mol. The van der Waals surface area contributed by atoms with Crippen molar-refractivity contribution >= 4 is 5.97 Å². The highest BCUT2D eigenvalue weighted by Gasteiger charge is 2.03. The number of esters is 1. The van der Waals surface area contributed by atoms with E-state index in [1.165, 1.54) is 12.7 Å². The van der Waals surface area contributed by atoms with E-state index in [2.05, 4.69) is 15.8 Å². The number of unbranched alkanes of at least 4 members (excludes halogenated alkanes) is 3. The highest BCUT2D eigenvalue weighted by molar-refractivity contribution is 5.68. The molecule has 4 nitrogen and oxygen atoms in total. The summed E-state index contributed by atoms with van der Waals surface area (Å²) in [4.78, 5) is 15.2. The molecule has 1 aromatic rings. The van der Waals surface area contributed by atoms with Gasteiger partial charge in [0.2, 0.25) is 0 Å². The lowest BCUT2D eigenvalue weighted by atomic mass is 10.0. The summed E-state index contributed by atoms with van der Waals surface area (Å²) in [6.07, 6.45) is 8.02. The van der Waals surface area contributed by atoms with Gasteiger partial charge < -0.3 is 9.84 Å². The van der Waals surface area contributed by atoms with Crippen LogP contribution in [0.3, 0.4) is 0 Å². The Morgan fingerprint density at radius 3 is 2.79 bits per heavy atom. The molecule has 1 N–H and O–H groups in total. The molecule has 0 bridgehead atoms. The second-order valence-electron chi connectivity index (χ2n) is 4.57. The largest absolute Gasteiger partial charge is 0.469 e. The van der Waals surface area contributed by atoms with Gasteiger partial charge in [-0.25, -0.2) is 0 Å². The third-order valence-electron chi connectivity index (χ3n) is 3.14. The monoisotopic (exact) mass is 265 g/mol. The van der Waals surface area contributed by atoms with Crippen LogP contribution in [0.4, 0.5) is 0 Å². The van der Waals surface area contributed by atoms with Crippen molar-refractivity contribution in [2.75, 3.05) is 13.7 Å². The minimum atomic E-state index is -0.127. The van der Waals surface area contributed by atoms with Gasteiger partial charge in [-0.1, -0.05) is 18.9 Å². The summed E-state index contributed by atoms with van der Waals surface area (Å²) in [6, 6.07) is 4.01. The van der Waals surface area contributed by atoms with E-state index in [1.54, 1.807) is 6.20 Å². The first kappa shape index (κ1) is 15.6. The van der Waals surface area contributed by atoms with E-state index in [1.807, 2.05) is 6.07 Å². The van der Waals surface area contributed by atoms with E-state index in [4.69, 9.17) is 5.11 Å². The maximum Gasteiger partial charge on any atom is 0.305 e. The fraction of sp³-hybridized carbons (Fsp3) is 0.600. The molecule has 0 saturated carbocycles. The number of pyridine rings is 1. The maximum atomic E-state index is 10.9. The van der Waals surface area contributed by atoms with Crippen molar-refractivity contribution in [1.29, 1.82) is 0 Å². The number of methoxy groups -OCH3 is 1. The number of carbonyl (C=O) groups excluding carboxylic acids is 1. The maximum absolute atomic E-state index is 10.9. The van der Waals surface area contributed by atoms with Gasteiger partial charge >= 0.3 is 5.97 Å². The van der Waals surface area contributed by atoms with Crippen molar-refractivity contribution in [3.63, 3.8) is 0 Å². The molecule has 0 spiro atoms. The van der Waals surface area contributed by atoms with Crippen molar-refractivity contribution in [2.24, 2.45) is 0 Å². The number of carbonyl (C=O) groups is 1. The first-order valence-corrected chi connectivity index (χ1v) is 6.88. The van der Waals surface area contributed by atoms with Crippen LogP contribution in [0, 0.1) is 0 Å². The van der Waals surface area contributed by atoms with Crippen LogP contribution in [0.25, 0.3) is 0 Å². The van der Waals surface area contributed by atoms with E-state index in [0.29, 0.717) is 12.8 Å². The zero-order valence-corrected chi connectivity index (χ0v) is 11.6. The SMILES string of the molecule is COC(=O)CCCCCCc1cccnc1CCO. The Hall–Kier alpha value is -1.42. The van der Waals surface area contributed by atoms with Crippen LogP contribution in [0.2, 0.25) is 0 Å². The number of aromatic nitrogens is 1. The summed E-state index contributed by atoms with van der Waals surface area (Å²) in [5.74, 6) is -0.127. The topological polar surface area (TPSA) is 59.4 Å². The van der Waals surface area contributed by atoms with Crippen LogP contribution in [-0.4, -0.2) is 29.8 Å². The predicted molar refractivity (Wildman–Crippen MR) is 73.8 cm³/mol. The van der Waals surface area contributed by atoms with E-state index in [9.17, 15) is 4.79 Å². The standard InChI is InChI=1S/C15H23NO3/c1-19-15(18)9-5-3-2-4-7-13-8-6-11-16-14(13)10-12-17/h6,8,11,17H,2-5,7,9-10,12H2,1H3. The molecule has 106 valence electrons. The number of hydrogen-bond acceptors (Lipinski definition) is 4. The van der Waals surface area contributed by atoms with Crippen molar-refractivity contribution in [2.45, 2.75) is 44.9 Å². The Bertz CT molecular complexity index is 379. The van der Waals surface area contributed by atoms with Gasteiger partial charge in [0.25, 0.3) is 0 Å². The van der Waals surface area contributed by atoms with Gasteiger partial charge in [0, 0.05) is 31.3 Å². The van der Waals surface area contributed by atoms with Crippen molar-refractivity contribution < 1.29 is 14.6 Å². The van der Waals surface area contributed by atoms with E-state index in [-0.39, 0.29) is 12.6 Å². The lowest BCUT2D eigenvalue weighted by Gasteiger charge is -2.07. The summed E-state index contributed by atoms with van der Waals surface area (Å²) >= 11 is 0. The number of aliphatic hydroxyl groups excluding tert-OH is 1. The van der Waals surface area contributed by atoms with Gasteiger partial charge in [-0.2, -0.15) is 0 Å². The van der Waals surface area contributed by atoms with Crippen LogP contribution in [0.1, 0.15) is 43.4 Å². The number of ether oxygens (including phenoxy) is 1. The molecule has 1 rings (SSSR count). The van der Waals surface area contributed by atoms with Crippen molar-refractivity contribution in [1.82, 2.24) is 4.98 Å². The van der Waals surface area contributed by atoms with Crippen molar-refractivity contribution in [3.05, 3.63) is 29.6 Å². The first-order valence-electron chi connectivity index (χ1n) is 6.88. The lowest BCUT2D eigenvalue weighted by Crippen LogP contribution is -2.01. The molecule has 0 atom stereocenters. The molecule has 1 heterocycles. The quantitative estimate of drug-likeness (QED) is 0.549. The Labute approximate surface area is 114 Å². The van der Waals surface area contributed by atoms with E-state index in [0.717, 1.165) is 37.8 Å². The highest BCUT2D eigenvalue weighted by atomic mass is 16.5. The summed E-state index contributed by atoms with van der Waals surface area (Å²) < 4.78 is 4.60. The minimum absolute atomic E-state index is 0.127. The molecule has 0 aliphatic carbocycles. The van der Waals surface area contributed by atoms with Crippen LogP contribution in [0.5, 0.6) is 0 Å². The van der Waals surface area contributed by atoms with Gasteiger partial charge in [-0.05, 0) is 30.9 Å². The normalized spacial score (nSPS) is 10.4. The molecular formula is C15H23NO3. The molecule has 0 aliphatic heterocycles. The lowest BCUT2D eigenvalue weighted by molar-refractivity contribution is -0.140. The Balaban J connectivity index is 2.20. The zero-order chi connectivity index (χ0) is 13.9. The Morgan fingerprint density at radius 1 is 1.26 bits per heavy atom. The van der Waals surface area contributed by atoms with Crippen LogP contribution >= 0.6 is 0 Å². The number of aliphatic hydroxyl groups is 1. The van der Waals surface area contributed by atoms with Crippen LogP contribution in [0.15, 0.2) is 18.3 Å². The first-order chi connectivity index (χ1) is 9.27. The second kappa shape index (κ2) is 9.50. The molecular weight excluding hydrogens is 242 g/mol. The molecule has 4 heteroatoms. The smallest absolute Gasteiger partial charge is 0.305 e. The van der Waals surface area contributed by atoms with Gasteiger partial charge in [-0.15, -0.1) is 0 Å². The number of aryl methyl sites for hydroxylation is 1.